The van der Waals surface area contributed by atoms with E-state index in [0.717, 1.165) is 0 Å². The summed E-state index contributed by atoms with van der Waals surface area (Å²) >= 11 is 6.12. The van der Waals surface area contributed by atoms with Crippen molar-refractivity contribution in [2.45, 2.75) is 6.42 Å². The van der Waals surface area contributed by atoms with E-state index < -0.39 is 5.92 Å². The van der Waals surface area contributed by atoms with Gasteiger partial charge in [-0.25, -0.2) is 9.67 Å². The van der Waals surface area contributed by atoms with Crippen molar-refractivity contribution >= 4 is 34.8 Å². The molecule has 1 N–H and O–H groups in total. The van der Waals surface area contributed by atoms with Gasteiger partial charge in [0, 0.05) is 29.7 Å². The fourth-order valence-electron chi connectivity index (χ4n) is 3.71. The number of aromatic nitrogens is 3. The number of halogens is 1. The summed E-state index contributed by atoms with van der Waals surface area (Å²) in [5.74, 6) is 0.345. The zero-order valence-corrected chi connectivity index (χ0v) is 17.1. The van der Waals surface area contributed by atoms with Crippen molar-refractivity contribution in [2.24, 2.45) is 5.92 Å². The third-order valence-electron chi connectivity index (χ3n) is 5.22. The van der Waals surface area contributed by atoms with E-state index in [1.165, 1.54) is 17.3 Å². The topological polar surface area (TPSA) is 98.6 Å². The number of fused-ring (bicyclic) bond motifs is 1. The fraction of sp³-hybridized carbons (Fsp3) is 0.238. The van der Waals surface area contributed by atoms with Gasteiger partial charge in [0.15, 0.2) is 11.5 Å². The Labute approximate surface area is 182 Å². The molecule has 1 aromatic heterocycles. The van der Waals surface area contributed by atoms with Crippen LogP contribution in [-0.2, 0) is 9.59 Å². The predicted octanol–water partition coefficient (Wildman–Crippen LogP) is 2.68. The highest BCUT2D eigenvalue weighted by Gasteiger charge is 2.36. The molecule has 3 heterocycles. The molecule has 0 aliphatic carbocycles. The van der Waals surface area contributed by atoms with Gasteiger partial charge in [-0.1, -0.05) is 11.6 Å². The van der Waals surface area contributed by atoms with Crippen LogP contribution in [0.5, 0.6) is 11.5 Å². The van der Waals surface area contributed by atoms with Crippen molar-refractivity contribution in [3.8, 4) is 17.2 Å². The highest BCUT2D eigenvalue weighted by molar-refractivity contribution is 6.31. The molecule has 0 bridgehead atoms. The maximum atomic E-state index is 13.0. The number of anilines is 2. The first-order valence-corrected chi connectivity index (χ1v) is 10.1. The third-order valence-corrected chi connectivity index (χ3v) is 5.45. The first kappa shape index (κ1) is 19.4. The number of ether oxygens (including phenoxy) is 2. The second-order valence-corrected chi connectivity index (χ2v) is 7.66. The van der Waals surface area contributed by atoms with Gasteiger partial charge < -0.3 is 19.7 Å². The molecule has 1 saturated heterocycles. The molecule has 0 spiro atoms. The Kier molecular flexibility index (Phi) is 4.95. The van der Waals surface area contributed by atoms with Crippen LogP contribution in [0.4, 0.5) is 11.4 Å². The van der Waals surface area contributed by atoms with Crippen LogP contribution in [0.1, 0.15) is 6.42 Å². The molecule has 1 fully saturated rings. The number of rotatable bonds is 4. The zero-order valence-electron chi connectivity index (χ0n) is 16.3. The molecular weight excluding hydrogens is 422 g/mol. The Bertz CT molecular complexity index is 1150. The number of amides is 2. The van der Waals surface area contributed by atoms with E-state index in [2.05, 4.69) is 15.4 Å². The highest BCUT2D eigenvalue weighted by atomic mass is 35.5. The van der Waals surface area contributed by atoms with Gasteiger partial charge >= 0.3 is 0 Å². The molecule has 158 valence electrons. The summed E-state index contributed by atoms with van der Waals surface area (Å²) in [5, 5.41) is 7.47. The summed E-state index contributed by atoms with van der Waals surface area (Å²) in [4.78, 5) is 31.2. The lowest BCUT2D eigenvalue weighted by Crippen LogP contribution is -2.28. The minimum absolute atomic E-state index is 0.111. The van der Waals surface area contributed by atoms with E-state index in [0.29, 0.717) is 46.8 Å². The van der Waals surface area contributed by atoms with E-state index in [4.69, 9.17) is 21.1 Å². The van der Waals surface area contributed by atoms with Gasteiger partial charge in [-0.3, -0.25) is 9.59 Å². The van der Waals surface area contributed by atoms with E-state index in [1.54, 1.807) is 41.3 Å². The molecule has 0 saturated carbocycles. The molecule has 10 heteroatoms. The van der Waals surface area contributed by atoms with E-state index >= 15 is 0 Å². The van der Waals surface area contributed by atoms with Crippen LogP contribution in [0.25, 0.3) is 5.69 Å². The number of carbonyl (C=O) groups excluding carboxylic acids is 2. The van der Waals surface area contributed by atoms with E-state index in [9.17, 15) is 9.59 Å². The van der Waals surface area contributed by atoms with Crippen LogP contribution in [0, 0.1) is 5.92 Å². The Hall–Kier alpha value is -3.59. The molecule has 2 amide bonds. The summed E-state index contributed by atoms with van der Waals surface area (Å²) < 4.78 is 12.7. The lowest BCUT2D eigenvalue weighted by atomic mass is 10.1. The molecule has 0 unspecified atom stereocenters. The largest absolute Gasteiger partial charge is 0.486 e. The van der Waals surface area contributed by atoms with Crippen molar-refractivity contribution in [1.29, 1.82) is 0 Å². The molecule has 2 aromatic carbocycles. The molecule has 9 nitrogen and oxygen atoms in total. The smallest absolute Gasteiger partial charge is 0.229 e. The molecule has 2 aliphatic heterocycles. The quantitative estimate of drug-likeness (QED) is 0.671. The number of nitrogens with one attached hydrogen (secondary N) is 1. The highest BCUT2D eigenvalue weighted by Crippen LogP contribution is 2.36. The average Bonchev–Trinajstić information content (AvgIpc) is 3.43. The van der Waals surface area contributed by atoms with Gasteiger partial charge in [0.1, 0.15) is 25.9 Å². The first-order chi connectivity index (χ1) is 15.1. The first-order valence-electron chi connectivity index (χ1n) is 9.74. The summed E-state index contributed by atoms with van der Waals surface area (Å²) in [5.41, 5.74) is 1.80. The number of benzene rings is 2. The average molecular weight is 440 g/mol. The molecule has 0 radical (unpaired) electrons. The maximum absolute atomic E-state index is 13.0. The number of nitrogens with zero attached hydrogens (tertiary/aromatic N) is 4. The van der Waals surface area contributed by atoms with Crippen LogP contribution in [0.3, 0.4) is 0 Å². The van der Waals surface area contributed by atoms with Gasteiger partial charge in [0.05, 0.1) is 17.3 Å². The van der Waals surface area contributed by atoms with Gasteiger partial charge in [-0.05, 0) is 30.3 Å². The van der Waals surface area contributed by atoms with Crippen molar-refractivity contribution < 1.29 is 19.1 Å². The minimum Gasteiger partial charge on any atom is -0.486 e. The lowest BCUT2D eigenvalue weighted by Gasteiger charge is -2.22. The van der Waals surface area contributed by atoms with Crippen LogP contribution >= 0.6 is 11.6 Å². The third kappa shape index (κ3) is 3.79. The van der Waals surface area contributed by atoms with Crippen molar-refractivity contribution in [2.75, 3.05) is 30.0 Å². The predicted molar refractivity (Wildman–Crippen MR) is 113 cm³/mol. The van der Waals surface area contributed by atoms with E-state index in [1.807, 2.05) is 0 Å². The van der Waals surface area contributed by atoms with Gasteiger partial charge in [0.25, 0.3) is 0 Å². The minimum atomic E-state index is -0.511. The lowest BCUT2D eigenvalue weighted by molar-refractivity contribution is -0.122. The summed E-state index contributed by atoms with van der Waals surface area (Å²) in [6.45, 7) is 1.23. The second-order valence-electron chi connectivity index (χ2n) is 7.22. The van der Waals surface area contributed by atoms with Crippen LogP contribution in [0.2, 0.25) is 5.02 Å². The Balaban J connectivity index is 1.34. The maximum Gasteiger partial charge on any atom is 0.229 e. The molecule has 5 rings (SSSR count). The molecular formula is C21H18ClN5O4. The van der Waals surface area contributed by atoms with E-state index in [-0.39, 0.29) is 24.8 Å². The second kappa shape index (κ2) is 7.92. The SMILES string of the molecule is O=C(Nc1cc(Cl)ccc1-n1cncn1)[C@H]1CC(=O)N(c2ccc3c(c2)OCCO3)C1. The van der Waals surface area contributed by atoms with Crippen LogP contribution < -0.4 is 19.7 Å². The number of hydrogen-bond donors (Lipinski definition) is 1. The summed E-state index contributed by atoms with van der Waals surface area (Å²) in [7, 11) is 0. The monoisotopic (exact) mass is 439 g/mol. The molecule has 3 aromatic rings. The molecule has 2 aliphatic rings. The van der Waals surface area contributed by atoms with Gasteiger partial charge in [-0.2, -0.15) is 5.10 Å². The summed E-state index contributed by atoms with van der Waals surface area (Å²) in [6.07, 6.45) is 3.04. The van der Waals surface area contributed by atoms with Gasteiger partial charge in [0.2, 0.25) is 11.8 Å². The zero-order chi connectivity index (χ0) is 21.4. The van der Waals surface area contributed by atoms with Crippen LogP contribution in [0.15, 0.2) is 49.1 Å². The van der Waals surface area contributed by atoms with Crippen molar-refractivity contribution in [3.63, 3.8) is 0 Å². The normalized spacial score (nSPS) is 17.6. The Morgan fingerprint density at radius 3 is 2.77 bits per heavy atom. The molecule has 31 heavy (non-hydrogen) atoms. The number of carbonyl (C=O) groups is 2. The number of hydrogen-bond acceptors (Lipinski definition) is 6. The Morgan fingerprint density at radius 2 is 1.97 bits per heavy atom. The van der Waals surface area contributed by atoms with Crippen LogP contribution in [-0.4, -0.2) is 46.3 Å². The molecule has 1 atom stereocenters. The van der Waals surface area contributed by atoms with Gasteiger partial charge in [-0.15, -0.1) is 0 Å². The summed E-state index contributed by atoms with van der Waals surface area (Å²) in [6, 6.07) is 10.4. The van der Waals surface area contributed by atoms with Crippen molar-refractivity contribution in [3.05, 3.63) is 54.1 Å². The Morgan fingerprint density at radius 1 is 1.13 bits per heavy atom. The van der Waals surface area contributed by atoms with Crippen molar-refractivity contribution in [1.82, 2.24) is 14.8 Å². The fourth-order valence-corrected chi connectivity index (χ4v) is 3.88. The standard InChI is InChI=1S/C21H18ClN5O4/c22-14-1-3-17(27-12-23-11-24-27)16(8-14)25-21(29)13-7-20(28)26(10-13)15-2-4-18-19(9-15)31-6-5-30-18/h1-4,8-9,11-13H,5-7,10H2,(H,25,29)/t13-/m0/s1.